The van der Waals surface area contributed by atoms with Crippen molar-refractivity contribution in [1.29, 1.82) is 5.41 Å². The van der Waals surface area contributed by atoms with E-state index in [1.54, 1.807) is 0 Å². The second kappa shape index (κ2) is 5.77. The van der Waals surface area contributed by atoms with E-state index in [0.29, 0.717) is 19.0 Å². The summed E-state index contributed by atoms with van der Waals surface area (Å²) >= 11 is 0. The van der Waals surface area contributed by atoms with Crippen LogP contribution in [0, 0.1) is 5.41 Å². The molecule has 3 heterocycles. The topological polar surface area (TPSA) is 64.0 Å². The molecule has 6 heteroatoms. The third kappa shape index (κ3) is 3.08. The van der Waals surface area contributed by atoms with Gasteiger partial charge in [0.05, 0.1) is 12.6 Å². The van der Waals surface area contributed by atoms with Crippen LogP contribution in [0.4, 0.5) is 0 Å². The molecule has 1 aromatic rings. The molecule has 4 atom stereocenters. The lowest BCUT2D eigenvalue weighted by Crippen LogP contribution is -2.48. The summed E-state index contributed by atoms with van der Waals surface area (Å²) in [7, 11) is 0. The highest BCUT2D eigenvalue weighted by molar-refractivity contribution is 5.88. The van der Waals surface area contributed by atoms with Gasteiger partial charge in [-0.15, -0.1) is 0 Å². The Kier molecular flexibility index (Phi) is 3.92. The van der Waals surface area contributed by atoms with E-state index >= 15 is 0 Å². The van der Waals surface area contributed by atoms with Crippen LogP contribution in [0.5, 0.6) is 0 Å². The van der Waals surface area contributed by atoms with Crippen LogP contribution < -0.4 is 0 Å². The van der Waals surface area contributed by atoms with Crippen molar-refractivity contribution >= 4 is 5.84 Å². The summed E-state index contributed by atoms with van der Waals surface area (Å²) in [4.78, 5) is 2.05. The first-order valence-corrected chi connectivity index (χ1v) is 8.82. The monoisotopic (exact) mass is 346 g/mol. The summed E-state index contributed by atoms with van der Waals surface area (Å²) < 4.78 is 24.1. The van der Waals surface area contributed by atoms with Gasteiger partial charge in [0.15, 0.2) is 11.6 Å². The van der Waals surface area contributed by atoms with Crippen LogP contribution in [0.1, 0.15) is 33.3 Å². The van der Waals surface area contributed by atoms with E-state index < -0.39 is 11.6 Å². The molecular formula is C19H26N2O4. The van der Waals surface area contributed by atoms with E-state index in [1.165, 1.54) is 0 Å². The zero-order valence-corrected chi connectivity index (χ0v) is 15.2. The van der Waals surface area contributed by atoms with Gasteiger partial charge >= 0.3 is 0 Å². The largest absolute Gasteiger partial charge is 0.348 e. The molecular weight excluding hydrogens is 320 g/mol. The van der Waals surface area contributed by atoms with Crippen LogP contribution in [-0.4, -0.2) is 53.3 Å². The lowest BCUT2D eigenvalue weighted by atomic mass is 10.0. The summed E-state index contributed by atoms with van der Waals surface area (Å²) in [5.74, 6) is -0.843. The highest BCUT2D eigenvalue weighted by atomic mass is 16.8. The number of likely N-dealkylation sites (tertiary alicyclic amines) is 1. The van der Waals surface area contributed by atoms with E-state index in [2.05, 4.69) is 17.0 Å². The van der Waals surface area contributed by atoms with Gasteiger partial charge in [0.2, 0.25) is 0 Å². The highest BCUT2D eigenvalue weighted by Gasteiger charge is 2.59. The number of nitrogens with one attached hydrogen (secondary N) is 1. The second-order valence-electron chi connectivity index (χ2n) is 7.88. The van der Waals surface area contributed by atoms with Crippen LogP contribution in [0.2, 0.25) is 0 Å². The standard InChI is InChI=1S/C19H26N2O4/c1-18(2)22-11-13(23-18)14-15-16(25-19(3,4)24-15)17(20)21(14)10-12-8-6-5-7-9-12/h5-9,13-16,20H,10-11H2,1-4H3/t13-,14-,15-,16-/m1/s1. The van der Waals surface area contributed by atoms with Gasteiger partial charge in [-0.1, -0.05) is 30.3 Å². The molecule has 0 amide bonds. The maximum atomic E-state index is 8.68. The fraction of sp³-hybridized carbons (Fsp3) is 0.632. The Hall–Kier alpha value is -1.47. The molecule has 1 aromatic carbocycles. The molecule has 0 aliphatic carbocycles. The number of nitrogens with zero attached hydrogens (tertiary/aromatic N) is 1. The van der Waals surface area contributed by atoms with E-state index in [9.17, 15) is 0 Å². The SMILES string of the molecule is CC1(C)OC[C@H]([C@@H]2[C@H]3OC(C)(C)O[C@H]3C(=N)N2Cc2ccccc2)O1. The maximum Gasteiger partial charge on any atom is 0.164 e. The minimum Gasteiger partial charge on any atom is -0.348 e. The number of amidine groups is 1. The Morgan fingerprint density at radius 3 is 2.40 bits per heavy atom. The van der Waals surface area contributed by atoms with Crippen LogP contribution in [0.3, 0.4) is 0 Å². The summed E-state index contributed by atoms with van der Waals surface area (Å²) in [6, 6.07) is 10.1. The molecule has 3 aliphatic rings. The van der Waals surface area contributed by atoms with Gasteiger partial charge in [-0.2, -0.15) is 0 Å². The molecule has 3 fully saturated rings. The third-order valence-electron chi connectivity index (χ3n) is 5.01. The lowest BCUT2D eigenvalue weighted by molar-refractivity contribution is -0.169. The normalized spacial score (nSPS) is 36.0. The molecule has 0 bridgehead atoms. The number of hydrogen-bond donors (Lipinski definition) is 1. The van der Waals surface area contributed by atoms with Gasteiger partial charge in [-0.3, -0.25) is 5.41 Å². The molecule has 3 aliphatic heterocycles. The van der Waals surface area contributed by atoms with Gasteiger partial charge in [-0.05, 0) is 33.3 Å². The van der Waals surface area contributed by atoms with E-state index in [4.69, 9.17) is 24.4 Å². The maximum absolute atomic E-state index is 8.68. The Morgan fingerprint density at radius 1 is 1.04 bits per heavy atom. The quantitative estimate of drug-likeness (QED) is 0.911. The van der Waals surface area contributed by atoms with Crippen LogP contribution in [-0.2, 0) is 25.5 Å². The molecule has 25 heavy (non-hydrogen) atoms. The fourth-order valence-corrected chi connectivity index (χ4v) is 4.02. The minimum atomic E-state index is -0.687. The number of ether oxygens (including phenoxy) is 4. The van der Waals surface area contributed by atoms with Crippen LogP contribution in [0.15, 0.2) is 30.3 Å². The Labute approximate surface area is 148 Å². The van der Waals surface area contributed by atoms with Gasteiger partial charge < -0.3 is 23.8 Å². The summed E-state index contributed by atoms with van der Waals surface area (Å²) in [6.45, 7) is 8.75. The molecule has 1 N–H and O–H groups in total. The zero-order chi connectivity index (χ0) is 17.8. The molecule has 0 aromatic heterocycles. The van der Waals surface area contributed by atoms with Crippen molar-refractivity contribution in [1.82, 2.24) is 4.90 Å². The molecule has 3 saturated heterocycles. The predicted molar refractivity (Wildman–Crippen MR) is 92.2 cm³/mol. The van der Waals surface area contributed by atoms with Crippen molar-refractivity contribution in [2.45, 2.75) is 70.2 Å². The third-order valence-corrected chi connectivity index (χ3v) is 5.01. The van der Waals surface area contributed by atoms with Crippen molar-refractivity contribution in [3.8, 4) is 0 Å². The average Bonchev–Trinajstić information content (AvgIpc) is 3.12. The lowest BCUT2D eigenvalue weighted by Gasteiger charge is -2.34. The Balaban J connectivity index is 1.63. The first-order valence-electron chi connectivity index (χ1n) is 8.82. The number of rotatable bonds is 3. The fourth-order valence-electron chi connectivity index (χ4n) is 4.02. The number of benzene rings is 1. The van der Waals surface area contributed by atoms with E-state index in [-0.39, 0.29) is 24.4 Å². The van der Waals surface area contributed by atoms with Gasteiger partial charge in [0.1, 0.15) is 24.1 Å². The molecule has 0 spiro atoms. The smallest absolute Gasteiger partial charge is 0.164 e. The summed E-state index contributed by atoms with van der Waals surface area (Å²) in [5, 5.41) is 8.68. The average molecular weight is 346 g/mol. The molecule has 0 saturated carbocycles. The van der Waals surface area contributed by atoms with Crippen molar-refractivity contribution in [3.05, 3.63) is 35.9 Å². The molecule has 4 rings (SSSR count). The van der Waals surface area contributed by atoms with E-state index in [0.717, 1.165) is 5.56 Å². The first-order chi connectivity index (χ1) is 11.8. The number of fused-ring (bicyclic) bond motifs is 1. The van der Waals surface area contributed by atoms with Crippen LogP contribution >= 0.6 is 0 Å². The van der Waals surface area contributed by atoms with Gasteiger partial charge in [0.25, 0.3) is 0 Å². The van der Waals surface area contributed by atoms with Crippen molar-refractivity contribution in [2.24, 2.45) is 0 Å². The van der Waals surface area contributed by atoms with Crippen molar-refractivity contribution in [2.75, 3.05) is 6.61 Å². The molecule has 0 radical (unpaired) electrons. The Bertz CT molecular complexity index is 661. The zero-order valence-electron chi connectivity index (χ0n) is 15.2. The first kappa shape index (κ1) is 17.0. The molecule has 6 nitrogen and oxygen atoms in total. The number of hydrogen-bond acceptors (Lipinski definition) is 5. The predicted octanol–water partition coefficient (Wildman–Crippen LogP) is 2.52. The summed E-state index contributed by atoms with van der Waals surface area (Å²) in [5.41, 5.74) is 1.15. The van der Waals surface area contributed by atoms with Crippen molar-refractivity contribution < 1.29 is 18.9 Å². The second-order valence-corrected chi connectivity index (χ2v) is 7.88. The van der Waals surface area contributed by atoms with Gasteiger partial charge in [0, 0.05) is 6.54 Å². The Morgan fingerprint density at radius 2 is 1.76 bits per heavy atom. The summed E-state index contributed by atoms with van der Waals surface area (Å²) in [6.07, 6.45) is -0.753. The highest BCUT2D eigenvalue weighted by Crippen LogP contribution is 2.42. The van der Waals surface area contributed by atoms with Crippen molar-refractivity contribution in [3.63, 3.8) is 0 Å². The van der Waals surface area contributed by atoms with E-state index in [1.807, 2.05) is 45.9 Å². The molecule has 136 valence electrons. The van der Waals surface area contributed by atoms with Crippen LogP contribution in [0.25, 0.3) is 0 Å². The van der Waals surface area contributed by atoms with Gasteiger partial charge in [-0.25, -0.2) is 0 Å². The minimum absolute atomic E-state index is 0.110. The molecule has 0 unspecified atom stereocenters.